The van der Waals surface area contributed by atoms with Crippen molar-refractivity contribution in [1.82, 2.24) is 0 Å². The van der Waals surface area contributed by atoms with Gasteiger partial charge in [0.25, 0.3) is 5.91 Å². The Kier molecular flexibility index (Phi) is 6.57. The lowest BCUT2D eigenvalue weighted by Crippen LogP contribution is -2.45. The number of nitrogens with zero attached hydrogens (tertiary/aromatic N) is 1. The van der Waals surface area contributed by atoms with E-state index in [0.29, 0.717) is 28.0 Å². The fraction of sp³-hybridized carbons (Fsp3) is 0.529. The van der Waals surface area contributed by atoms with Crippen molar-refractivity contribution < 1.29 is 23.5 Å². The Bertz CT molecular complexity index is 582. The molecule has 1 rings (SSSR count). The molecular formula is C17H27N2O4+. The molecule has 0 heterocycles. The highest BCUT2D eigenvalue weighted by molar-refractivity contribution is 6.03. The third kappa shape index (κ3) is 5.25. The second-order valence-corrected chi connectivity index (χ2v) is 6.05. The SMILES string of the molecule is CCOC(=O)c1cc(OC)cc(C)c1NC(=O)C[N+](C)(C)CC. The number of carbonyl (C=O) groups is 2. The zero-order valence-electron chi connectivity index (χ0n) is 14.9. The number of anilines is 1. The number of hydrogen-bond donors (Lipinski definition) is 1. The van der Waals surface area contributed by atoms with Gasteiger partial charge in [0.05, 0.1) is 45.6 Å². The monoisotopic (exact) mass is 323 g/mol. The number of quaternary nitrogens is 1. The van der Waals surface area contributed by atoms with Crippen molar-refractivity contribution in [3.8, 4) is 5.75 Å². The molecule has 6 heteroatoms. The highest BCUT2D eigenvalue weighted by Crippen LogP contribution is 2.27. The molecule has 0 atom stereocenters. The Morgan fingerprint density at radius 2 is 1.87 bits per heavy atom. The topological polar surface area (TPSA) is 64.6 Å². The van der Waals surface area contributed by atoms with Crippen LogP contribution < -0.4 is 10.1 Å². The molecule has 0 aliphatic carbocycles. The lowest BCUT2D eigenvalue weighted by atomic mass is 10.1. The highest BCUT2D eigenvalue weighted by atomic mass is 16.5. The van der Waals surface area contributed by atoms with Crippen LogP contribution in [-0.4, -0.2) is 57.3 Å². The fourth-order valence-corrected chi connectivity index (χ4v) is 2.09. The quantitative estimate of drug-likeness (QED) is 0.617. The Labute approximate surface area is 138 Å². The summed E-state index contributed by atoms with van der Waals surface area (Å²) < 4.78 is 10.8. The molecule has 1 amide bonds. The first-order valence-electron chi connectivity index (χ1n) is 7.71. The largest absolute Gasteiger partial charge is 0.497 e. The lowest BCUT2D eigenvalue weighted by molar-refractivity contribution is -0.880. The molecule has 0 radical (unpaired) electrons. The molecule has 0 aliphatic rings. The van der Waals surface area contributed by atoms with Gasteiger partial charge < -0.3 is 19.3 Å². The number of rotatable bonds is 7. The minimum absolute atomic E-state index is 0.143. The Morgan fingerprint density at radius 1 is 1.22 bits per heavy atom. The summed E-state index contributed by atoms with van der Waals surface area (Å²) in [5.74, 6) is -0.0714. The Balaban J connectivity index is 3.13. The van der Waals surface area contributed by atoms with E-state index in [1.165, 1.54) is 7.11 Å². The normalized spacial score (nSPS) is 11.0. The van der Waals surface area contributed by atoms with Crippen molar-refractivity contribution in [1.29, 1.82) is 0 Å². The number of methoxy groups -OCH3 is 1. The average Bonchev–Trinajstić information content (AvgIpc) is 2.48. The standard InChI is InChI=1S/C17H26N2O4/c1-7-19(4,5)11-15(20)18-16-12(3)9-13(22-6)10-14(16)17(21)23-8-2/h9-10H,7-8,11H2,1-6H3/p+1. The molecule has 0 saturated carbocycles. The van der Waals surface area contributed by atoms with Crippen molar-refractivity contribution >= 4 is 17.6 Å². The summed E-state index contributed by atoms with van der Waals surface area (Å²) in [4.78, 5) is 24.5. The Morgan fingerprint density at radius 3 is 2.39 bits per heavy atom. The predicted octanol–water partition coefficient (Wildman–Crippen LogP) is 2.22. The third-order valence-corrected chi connectivity index (χ3v) is 3.73. The molecule has 0 spiro atoms. The summed E-state index contributed by atoms with van der Waals surface area (Å²) in [6.07, 6.45) is 0. The Hall–Kier alpha value is -2.08. The molecule has 0 saturated heterocycles. The van der Waals surface area contributed by atoms with Gasteiger partial charge in [-0.2, -0.15) is 0 Å². The first-order chi connectivity index (χ1) is 10.7. The molecule has 0 unspecified atom stereocenters. The number of likely N-dealkylation sites (N-methyl/N-ethyl adjacent to an activating group) is 1. The summed E-state index contributed by atoms with van der Waals surface area (Å²) >= 11 is 0. The maximum Gasteiger partial charge on any atom is 0.340 e. The average molecular weight is 323 g/mol. The van der Waals surface area contributed by atoms with E-state index in [4.69, 9.17) is 9.47 Å². The van der Waals surface area contributed by atoms with Crippen molar-refractivity contribution in [3.63, 3.8) is 0 Å². The van der Waals surface area contributed by atoms with Gasteiger partial charge in [0.2, 0.25) is 0 Å². The van der Waals surface area contributed by atoms with Crippen LogP contribution in [0.3, 0.4) is 0 Å². The molecule has 128 valence electrons. The zero-order valence-corrected chi connectivity index (χ0v) is 14.9. The van der Waals surface area contributed by atoms with E-state index in [1.807, 2.05) is 27.9 Å². The van der Waals surface area contributed by atoms with E-state index in [1.54, 1.807) is 19.1 Å². The molecule has 0 aromatic heterocycles. The number of carbonyl (C=O) groups excluding carboxylic acids is 2. The number of amides is 1. The van der Waals surface area contributed by atoms with Crippen molar-refractivity contribution in [2.45, 2.75) is 20.8 Å². The van der Waals surface area contributed by atoms with Gasteiger partial charge in [-0.25, -0.2) is 4.79 Å². The van der Waals surface area contributed by atoms with Crippen LogP contribution in [-0.2, 0) is 9.53 Å². The van der Waals surface area contributed by atoms with E-state index in [9.17, 15) is 9.59 Å². The van der Waals surface area contributed by atoms with E-state index in [-0.39, 0.29) is 12.5 Å². The summed E-state index contributed by atoms with van der Waals surface area (Å²) in [6, 6.07) is 3.36. The summed E-state index contributed by atoms with van der Waals surface area (Å²) in [7, 11) is 5.49. The summed E-state index contributed by atoms with van der Waals surface area (Å²) in [5, 5.41) is 2.85. The fourth-order valence-electron chi connectivity index (χ4n) is 2.09. The van der Waals surface area contributed by atoms with E-state index >= 15 is 0 Å². The van der Waals surface area contributed by atoms with Gasteiger partial charge in [-0.1, -0.05) is 0 Å². The van der Waals surface area contributed by atoms with Gasteiger partial charge in [-0.3, -0.25) is 4.79 Å². The van der Waals surface area contributed by atoms with Gasteiger partial charge in [0.1, 0.15) is 5.75 Å². The van der Waals surface area contributed by atoms with Crippen LogP contribution in [0.4, 0.5) is 5.69 Å². The number of benzene rings is 1. The smallest absolute Gasteiger partial charge is 0.340 e. The van der Waals surface area contributed by atoms with Crippen LogP contribution >= 0.6 is 0 Å². The highest BCUT2D eigenvalue weighted by Gasteiger charge is 2.22. The first kappa shape index (κ1) is 19.0. The molecule has 0 aliphatic heterocycles. The molecule has 0 fully saturated rings. The van der Waals surface area contributed by atoms with Gasteiger partial charge >= 0.3 is 5.97 Å². The predicted molar refractivity (Wildman–Crippen MR) is 89.8 cm³/mol. The molecule has 23 heavy (non-hydrogen) atoms. The van der Waals surface area contributed by atoms with Crippen LogP contribution in [0.5, 0.6) is 5.75 Å². The van der Waals surface area contributed by atoms with E-state index in [0.717, 1.165) is 12.1 Å². The number of nitrogens with one attached hydrogen (secondary N) is 1. The van der Waals surface area contributed by atoms with Crippen LogP contribution in [0, 0.1) is 6.92 Å². The first-order valence-corrected chi connectivity index (χ1v) is 7.71. The van der Waals surface area contributed by atoms with Crippen molar-refractivity contribution in [2.24, 2.45) is 0 Å². The number of hydrogen-bond acceptors (Lipinski definition) is 4. The van der Waals surface area contributed by atoms with Crippen molar-refractivity contribution in [3.05, 3.63) is 23.3 Å². The van der Waals surface area contributed by atoms with Gasteiger partial charge in [-0.05, 0) is 38.5 Å². The van der Waals surface area contributed by atoms with Crippen LogP contribution in [0.15, 0.2) is 12.1 Å². The molecule has 1 N–H and O–H groups in total. The third-order valence-electron chi connectivity index (χ3n) is 3.73. The van der Waals surface area contributed by atoms with Gasteiger partial charge in [0, 0.05) is 0 Å². The molecule has 6 nitrogen and oxygen atoms in total. The van der Waals surface area contributed by atoms with E-state index < -0.39 is 5.97 Å². The molecule has 0 bridgehead atoms. The van der Waals surface area contributed by atoms with Crippen LogP contribution in [0.25, 0.3) is 0 Å². The minimum atomic E-state index is -0.478. The van der Waals surface area contributed by atoms with Gasteiger partial charge in [-0.15, -0.1) is 0 Å². The van der Waals surface area contributed by atoms with E-state index in [2.05, 4.69) is 5.32 Å². The van der Waals surface area contributed by atoms with Crippen LogP contribution in [0.1, 0.15) is 29.8 Å². The molecule has 1 aromatic carbocycles. The van der Waals surface area contributed by atoms with Gasteiger partial charge in [0.15, 0.2) is 6.54 Å². The molecular weight excluding hydrogens is 296 g/mol. The zero-order chi connectivity index (χ0) is 17.6. The van der Waals surface area contributed by atoms with Crippen LogP contribution in [0.2, 0.25) is 0 Å². The second-order valence-electron chi connectivity index (χ2n) is 6.05. The lowest BCUT2D eigenvalue weighted by Gasteiger charge is -2.27. The summed E-state index contributed by atoms with van der Waals surface area (Å²) in [6.45, 7) is 7.01. The number of aryl methyl sites for hydroxylation is 1. The summed E-state index contributed by atoms with van der Waals surface area (Å²) in [5.41, 5.74) is 1.53. The number of ether oxygens (including phenoxy) is 2. The van der Waals surface area contributed by atoms with Crippen molar-refractivity contribution in [2.75, 3.05) is 46.2 Å². The maximum absolute atomic E-state index is 12.3. The number of esters is 1. The second kappa shape index (κ2) is 7.97. The maximum atomic E-state index is 12.3. The minimum Gasteiger partial charge on any atom is -0.497 e. The molecule has 1 aromatic rings.